The Balaban J connectivity index is 2.54. The summed E-state index contributed by atoms with van der Waals surface area (Å²) in [6.07, 6.45) is -5.31. The van der Waals surface area contributed by atoms with Gasteiger partial charge in [0.1, 0.15) is 11.1 Å². The molecule has 0 aromatic heterocycles. The molecule has 0 bridgehead atoms. The number of hydrogen-bond acceptors (Lipinski definition) is 4. The van der Waals surface area contributed by atoms with Gasteiger partial charge in [-0.2, -0.15) is 13.2 Å². The summed E-state index contributed by atoms with van der Waals surface area (Å²) in [5.41, 5.74) is -2.27. The maximum absolute atomic E-state index is 13.2. The van der Waals surface area contributed by atoms with E-state index >= 15 is 0 Å². The molecule has 0 saturated carbocycles. The smallest absolute Gasteiger partial charge is 0.416 e. The minimum atomic E-state index is -4.53. The second kappa shape index (κ2) is 13.0. The maximum atomic E-state index is 13.2. The molecule has 2 aromatic carbocycles. The molecule has 0 heterocycles. The number of nitrogens with one attached hydrogen (secondary N) is 1. The van der Waals surface area contributed by atoms with E-state index in [1.54, 1.807) is 20.8 Å². The van der Waals surface area contributed by atoms with Crippen molar-refractivity contribution in [2.75, 3.05) is 0 Å². The van der Waals surface area contributed by atoms with E-state index in [9.17, 15) is 27.9 Å². The molecule has 0 radical (unpaired) electrons. The average molecular weight is 596 g/mol. The van der Waals surface area contributed by atoms with E-state index in [1.807, 2.05) is 30.3 Å². The van der Waals surface area contributed by atoms with Crippen LogP contribution in [0.5, 0.6) is 0 Å². The second-order valence-electron chi connectivity index (χ2n) is 13.1. The summed E-state index contributed by atoms with van der Waals surface area (Å²) in [6.45, 7) is 15.4. The van der Waals surface area contributed by atoms with E-state index in [4.69, 9.17) is 9.16 Å². The topological polar surface area (TPSA) is 84.9 Å². The molecule has 41 heavy (non-hydrogen) atoms. The Morgan fingerprint density at radius 2 is 1.46 bits per heavy atom. The van der Waals surface area contributed by atoms with Gasteiger partial charge in [0.2, 0.25) is 0 Å². The van der Waals surface area contributed by atoms with Gasteiger partial charge < -0.3 is 19.6 Å². The number of alkyl carbamates (subject to hydrolysis) is 1. The van der Waals surface area contributed by atoms with Crippen molar-refractivity contribution in [3.63, 3.8) is 0 Å². The van der Waals surface area contributed by atoms with E-state index in [0.717, 1.165) is 17.7 Å². The van der Waals surface area contributed by atoms with Crippen LogP contribution in [-0.4, -0.2) is 42.7 Å². The molecule has 2 N–H and O–H groups in total. The maximum Gasteiger partial charge on any atom is 0.416 e. The first-order valence-corrected chi connectivity index (χ1v) is 16.7. The number of carboxylic acids is 1. The van der Waals surface area contributed by atoms with Gasteiger partial charge in [0, 0.05) is 18.9 Å². The first-order valence-electron chi connectivity index (χ1n) is 13.8. The monoisotopic (exact) mass is 595 g/mol. The van der Waals surface area contributed by atoms with Crippen LogP contribution in [-0.2, 0) is 33.0 Å². The zero-order valence-corrected chi connectivity index (χ0v) is 26.3. The summed E-state index contributed by atoms with van der Waals surface area (Å²) in [5, 5.41) is 13.0. The van der Waals surface area contributed by atoms with Crippen LogP contribution < -0.4 is 5.32 Å². The Labute approximate surface area is 242 Å². The van der Waals surface area contributed by atoms with Gasteiger partial charge in [-0.15, -0.1) is 0 Å². The van der Waals surface area contributed by atoms with Gasteiger partial charge in [-0.3, -0.25) is 0 Å². The number of benzene rings is 2. The fourth-order valence-electron chi connectivity index (χ4n) is 4.20. The number of ether oxygens (including phenoxy) is 1. The van der Waals surface area contributed by atoms with Crippen LogP contribution in [0.4, 0.5) is 18.0 Å². The van der Waals surface area contributed by atoms with Crippen LogP contribution in [0.2, 0.25) is 18.1 Å². The van der Waals surface area contributed by atoms with Crippen LogP contribution in [0.3, 0.4) is 0 Å². The Morgan fingerprint density at radius 3 is 1.93 bits per heavy atom. The number of carbonyl (C=O) groups excluding carboxylic acids is 1. The zero-order valence-electron chi connectivity index (χ0n) is 25.3. The van der Waals surface area contributed by atoms with Crippen molar-refractivity contribution >= 4 is 20.4 Å². The summed E-state index contributed by atoms with van der Waals surface area (Å²) >= 11 is 0. The molecule has 2 rings (SSSR count). The van der Waals surface area contributed by atoms with Crippen LogP contribution in [0.25, 0.3) is 0 Å². The lowest BCUT2D eigenvalue weighted by molar-refractivity contribution is -0.146. The Hall–Kier alpha value is -2.85. The van der Waals surface area contributed by atoms with Gasteiger partial charge >= 0.3 is 18.2 Å². The SMILES string of the molecule is CC(C)(C)OC(=O)N[C@](Cc1ccc(C(F)(F)F)cc1)(C[C@H](CCc1ccccc1)O[Si](C)(C)C(C)(C)C)C(=O)O. The minimum Gasteiger partial charge on any atom is -0.479 e. The highest BCUT2D eigenvalue weighted by molar-refractivity contribution is 6.74. The van der Waals surface area contributed by atoms with Crippen molar-refractivity contribution < 1.29 is 37.0 Å². The van der Waals surface area contributed by atoms with E-state index < -0.39 is 49.4 Å². The first-order chi connectivity index (χ1) is 18.6. The lowest BCUT2D eigenvalue weighted by Crippen LogP contribution is -2.59. The largest absolute Gasteiger partial charge is 0.479 e. The molecule has 228 valence electrons. The highest BCUT2D eigenvalue weighted by atomic mass is 28.4. The highest BCUT2D eigenvalue weighted by Crippen LogP contribution is 2.39. The predicted molar refractivity (Wildman–Crippen MR) is 156 cm³/mol. The summed E-state index contributed by atoms with van der Waals surface area (Å²) < 4.78 is 51.7. The molecule has 10 heteroatoms. The summed E-state index contributed by atoms with van der Waals surface area (Å²) in [5.74, 6) is -1.33. The molecule has 2 aromatic rings. The van der Waals surface area contributed by atoms with Crippen molar-refractivity contribution in [1.82, 2.24) is 5.32 Å². The van der Waals surface area contributed by atoms with Gasteiger partial charge in [-0.25, -0.2) is 9.59 Å². The molecule has 0 spiro atoms. The fourth-order valence-corrected chi connectivity index (χ4v) is 5.59. The Kier molecular flexibility index (Phi) is 10.9. The summed E-state index contributed by atoms with van der Waals surface area (Å²) in [7, 11) is -2.40. The van der Waals surface area contributed by atoms with Gasteiger partial charge in [-0.1, -0.05) is 63.2 Å². The van der Waals surface area contributed by atoms with E-state index in [-0.39, 0.29) is 17.9 Å². The number of aryl methyl sites for hydroxylation is 1. The molecule has 0 aliphatic heterocycles. The second-order valence-corrected chi connectivity index (χ2v) is 17.9. The third kappa shape index (κ3) is 10.5. The van der Waals surface area contributed by atoms with E-state index in [0.29, 0.717) is 18.4 Å². The highest BCUT2D eigenvalue weighted by Gasteiger charge is 2.46. The van der Waals surface area contributed by atoms with Crippen molar-refractivity contribution in [2.24, 2.45) is 0 Å². The average Bonchev–Trinajstić information content (AvgIpc) is 2.80. The van der Waals surface area contributed by atoms with Gasteiger partial charge in [0.25, 0.3) is 0 Å². The number of carboxylic acid groups (broad SMARTS) is 1. The molecule has 0 aliphatic rings. The molecule has 0 aliphatic carbocycles. The van der Waals surface area contributed by atoms with Crippen molar-refractivity contribution in [2.45, 2.75) is 109 Å². The van der Waals surface area contributed by atoms with Crippen molar-refractivity contribution in [3.05, 3.63) is 71.3 Å². The standard InChI is InChI=1S/C31H44F3NO5Si/c1-28(2,3)39-27(38)35-30(26(36)37,20-23-14-17-24(18-15-23)31(32,33)34)21-25(40-41(7,8)29(4,5)6)19-16-22-12-10-9-11-13-22/h9-15,17-18,25H,16,19-21H2,1-8H3,(H,35,38)(H,36,37)/t25-,30+/m0/s1. The number of carbonyl (C=O) groups is 2. The number of aliphatic carboxylic acids is 1. The quantitative estimate of drug-likeness (QED) is 0.257. The fraction of sp³-hybridized carbons (Fsp3) is 0.548. The van der Waals surface area contributed by atoms with Gasteiger partial charge in [0.15, 0.2) is 8.32 Å². The molecule has 6 nitrogen and oxygen atoms in total. The van der Waals surface area contributed by atoms with E-state index in [1.165, 1.54) is 12.1 Å². The number of amides is 1. The van der Waals surface area contributed by atoms with Crippen molar-refractivity contribution in [3.8, 4) is 0 Å². The predicted octanol–water partition coefficient (Wildman–Crippen LogP) is 8.01. The van der Waals surface area contributed by atoms with Gasteiger partial charge in [-0.05, 0) is 75.0 Å². The number of alkyl halides is 3. The minimum absolute atomic E-state index is 0.109. The van der Waals surface area contributed by atoms with Crippen LogP contribution in [0.1, 0.15) is 71.1 Å². The molecule has 1 amide bonds. The molecule has 2 atom stereocenters. The Morgan fingerprint density at radius 1 is 0.902 bits per heavy atom. The molecular weight excluding hydrogens is 551 g/mol. The molecule has 0 unspecified atom stereocenters. The van der Waals surface area contributed by atoms with Crippen LogP contribution in [0.15, 0.2) is 54.6 Å². The Bertz CT molecular complexity index is 1160. The zero-order chi connectivity index (χ0) is 31.3. The molecular formula is C31H44F3NO5Si. The van der Waals surface area contributed by atoms with Crippen molar-refractivity contribution in [1.29, 1.82) is 0 Å². The van der Waals surface area contributed by atoms with E-state index in [2.05, 4.69) is 39.2 Å². The first kappa shape index (κ1) is 34.3. The number of halogens is 3. The van der Waals surface area contributed by atoms with Crippen LogP contribution >= 0.6 is 0 Å². The number of rotatable bonds is 11. The summed E-state index contributed by atoms with van der Waals surface area (Å²) in [6, 6.07) is 14.0. The normalized spacial score (nSPS) is 15.1. The number of hydrogen-bond donors (Lipinski definition) is 2. The van der Waals surface area contributed by atoms with Gasteiger partial charge in [0.05, 0.1) is 5.56 Å². The lowest BCUT2D eigenvalue weighted by Gasteiger charge is -2.42. The summed E-state index contributed by atoms with van der Waals surface area (Å²) in [4.78, 5) is 26.0. The molecule has 0 saturated heterocycles. The van der Waals surface area contributed by atoms with Crippen LogP contribution in [0, 0.1) is 0 Å². The third-order valence-corrected chi connectivity index (χ3v) is 11.9. The molecule has 0 fully saturated rings. The lowest BCUT2D eigenvalue weighted by atomic mass is 9.84. The third-order valence-electron chi connectivity index (χ3n) is 7.38.